The zero-order valence-corrected chi connectivity index (χ0v) is 56.6. The number of hydrogen-bond acceptors (Lipinski definition) is 0. The Morgan fingerprint density at radius 3 is 0.990 bits per heavy atom. The normalized spacial score (nSPS) is 12.0. The van der Waals surface area contributed by atoms with Gasteiger partial charge in [-0.3, -0.25) is 0 Å². The van der Waals surface area contributed by atoms with Crippen molar-refractivity contribution in [2.24, 2.45) is 0 Å². The minimum absolute atomic E-state index is 1.16. The van der Waals surface area contributed by atoms with Crippen LogP contribution in [0.5, 0.6) is 0 Å². The maximum absolute atomic E-state index is 2.46. The van der Waals surface area contributed by atoms with Crippen LogP contribution in [0, 0.1) is 0 Å². The maximum atomic E-state index is 2.46. The van der Waals surface area contributed by atoms with E-state index in [1.165, 1.54) is 202 Å². The Labute approximate surface area is 598 Å². The molecule has 0 saturated carbocycles. The Bertz CT molecular complexity index is 7340. The van der Waals surface area contributed by atoms with Crippen LogP contribution in [0.3, 0.4) is 0 Å². The SMILES string of the molecule is c1ccc(-n2c3ccccc3c3cc(-c4ccc5cc(-n6c7ccc8ccccc8c7c7c8ccccc8ccc76)ccc5c4)ccc32)cc1.c1ccc2c(c1)cc(-n1c3ccccc3c3cc(-c4ccc(-n5c6ccc7ccccc7c6c6c7ccccc7ccc65)cc4)ccc31)c1ccccc12. The molecule has 0 bridgehead atoms. The average molecular weight is 1320 g/mol. The zero-order chi connectivity index (χ0) is 68.1. The highest BCUT2D eigenvalue weighted by atomic mass is 15.0. The lowest BCUT2D eigenvalue weighted by Gasteiger charge is -2.14. The number of para-hydroxylation sites is 3. The molecule has 0 spiro atoms. The van der Waals surface area contributed by atoms with Gasteiger partial charge in [0.2, 0.25) is 0 Å². The van der Waals surface area contributed by atoms with Crippen LogP contribution in [0.1, 0.15) is 0 Å². The lowest BCUT2D eigenvalue weighted by atomic mass is 9.99. The lowest BCUT2D eigenvalue weighted by molar-refractivity contribution is 1.18. The van der Waals surface area contributed by atoms with E-state index in [2.05, 4.69) is 394 Å². The highest BCUT2D eigenvalue weighted by Gasteiger charge is 2.22. The molecular weight excluding hydrogens is 1260 g/mol. The number of hydrogen-bond donors (Lipinski definition) is 0. The molecule has 0 radical (unpaired) electrons. The van der Waals surface area contributed by atoms with E-state index in [0.29, 0.717) is 0 Å². The van der Waals surface area contributed by atoms with Gasteiger partial charge in [0, 0.05) is 65.5 Å². The molecule has 0 saturated heterocycles. The summed E-state index contributed by atoms with van der Waals surface area (Å²) in [6.07, 6.45) is 0. The van der Waals surface area contributed by atoms with E-state index in [1.807, 2.05) is 0 Å². The van der Waals surface area contributed by atoms with Gasteiger partial charge in [-0.25, -0.2) is 0 Å². The number of benzene rings is 19. The molecule has 0 N–H and O–H groups in total. The summed E-state index contributed by atoms with van der Waals surface area (Å²) < 4.78 is 9.73. The summed E-state index contributed by atoms with van der Waals surface area (Å²) in [5, 5.41) is 28.0. The average Bonchev–Trinajstić information content (AvgIpc) is 1.57. The molecule has 0 unspecified atom stereocenters. The Morgan fingerprint density at radius 1 is 0.135 bits per heavy atom. The number of aromatic nitrogens is 4. The predicted molar refractivity (Wildman–Crippen MR) is 444 cm³/mol. The summed E-state index contributed by atoms with van der Waals surface area (Å²) >= 11 is 0. The largest absolute Gasteiger partial charge is 0.309 e. The monoisotopic (exact) mass is 1320 g/mol. The van der Waals surface area contributed by atoms with Crippen molar-refractivity contribution in [1.29, 1.82) is 0 Å². The van der Waals surface area contributed by atoms with Crippen LogP contribution in [0.15, 0.2) is 376 Å². The molecule has 4 heteroatoms. The molecule has 23 rings (SSSR count). The van der Waals surface area contributed by atoms with Crippen LogP contribution >= 0.6 is 0 Å². The fourth-order valence-electron chi connectivity index (χ4n) is 17.6. The molecule has 0 aliphatic heterocycles. The molecule has 104 heavy (non-hydrogen) atoms. The molecule has 0 amide bonds. The van der Waals surface area contributed by atoms with Crippen molar-refractivity contribution in [3.8, 4) is 45.0 Å². The van der Waals surface area contributed by atoms with Gasteiger partial charge in [-0.15, -0.1) is 0 Å². The second-order valence-corrected chi connectivity index (χ2v) is 27.9. The Balaban J connectivity index is 0.000000131. The van der Waals surface area contributed by atoms with Crippen LogP contribution in [-0.4, -0.2) is 18.3 Å². The van der Waals surface area contributed by atoms with Crippen LogP contribution in [-0.2, 0) is 0 Å². The van der Waals surface area contributed by atoms with Crippen LogP contribution in [0.25, 0.3) is 208 Å². The third kappa shape index (κ3) is 8.79. The number of fused-ring (bicyclic) bond motifs is 24. The van der Waals surface area contributed by atoms with Gasteiger partial charge in [0.15, 0.2) is 0 Å². The van der Waals surface area contributed by atoms with Crippen molar-refractivity contribution in [3.05, 3.63) is 376 Å². The third-order valence-corrected chi connectivity index (χ3v) is 22.3. The Kier molecular flexibility index (Phi) is 12.8. The highest BCUT2D eigenvalue weighted by molar-refractivity contribution is 6.30. The van der Waals surface area contributed by atoms with Crippen molar-refractivity contribution in [2.45, 2.75) is 0 Å². The van der Waals surface area contributed by atoms with E-state index in [0.717, 1.165) is 5.69 Å². The molecule has 4 aromatic heterocycles. The van der Waals surface area contributed by atoms with Crippen LogP contribution in [0.2, 0.25) is 0 Å². The zero-order valence-electron chi connectivity index (χ0n) is 56.6. The van der Waals surface area contributed by atoms with E-state index in [-0.39, 0.29) is 0 Å². The molecular formula is C100H62N4. The molecule has 0 fully saturated rings. The minimum Gasteiger partial charge on any atom is -0.309 e. The van der Waals surface area contributed by atoms with Crippen molar-refractivity contribution >= 4 is 163 Å². The molecule has 0 aliphatic carbocycles. The summed E-state index contributed by atoms with van der Waals surface area (Å²) in [6, 6.07) is 138. The van der Waals surface area contributed by atoms with E-state index in [4.69, 9.17) is 0 Å². The van der Waals surface area contributed by atoms with E-state index in [1.54, 1.807) is 0 Å². The minimum atomic E-state index is 1.16. The van der Waals surface area contributed by atoms with Crippen molar-refractivity contribution < 1.29 is 0 Å². The topological polar surface area (TPSA) is 19.7 Å². The van der Waals surface area contributed by atoms with E-state index in [9.17, 15) is 0 Å². The number of rotatable bonds is 6. The second kappa shape index (κ2) is 22.9. The molecule has 4 heterocycles. The second-order valence-electron chi connectivity index (χ2n) is 27.9. The van der Waals surface area contributed by atoms with Crippen molar-refractivity contribution in [2.75, 3.05) is 0 Å². The summed E-state index contributed by atoms with van der Waals surface area (Å²) in [5.74, 6) is 0. The summed E-state index contributed by atoms with van der Waals surface area (Å²) in [7, 11) is 0. The van der Waals surface area contributed by atoms with Crippen LogP contribution in [0.4, 0.5) is 0 Å². The standard InChI is InChI=1S/C52H32N2.C48H30N2/c1-5-15-40-34(11-1)23-29-48-51(40)52-41-16-6-2-12-35(41)24-30-49(52)53(48)38-26-21-33(22-27-38)36-25-28-47-45(31-36)44-19-9-10-20-46(44)54(47)50-32-37-13-3-4-14-39(37)42-17-7-8-18-43(42)50;1-2-12-37(13-3-1)49-43-17-9-8-16-41(43)42-30-36(23-25-44(42)49)33-18-19-35-29-38(24-20-34(35)28-33)50-45-26-21-31-10-4-6-14-39(31)47(45)48-40-15-7-5-11-32(40)22-27-46(48)50/h1-32H;1-30H. The van der Waals surface area contributed by atoms with Gasteiger partial charge in [-0.2, -0.15) is 0 Å². The predicted octanol–water partition coefficient (Wildman–Crippen LogP) is 27.2. The van der Waals surface area contributed by atoms with E-state index >= 15 is 0 Å². The molecule has 0 atom stereocenters. The molecule has 0 aliphatic rings. The van der Waals surface area contributed by atoms with Crippen molar-refractivity contribution in [1.82, 2.24) is 18.3 Å². The van der Waals surface area contributed by atoms with Crippen LogP contribution < -0.4 is 0 Å². The molecule has 482 valence electrons. The Hall–Kier alpha value is -13.8. The molecule has 19 aromatic carbocycles. The van der Waals surface area contributed by atoms with E-state index < -0.39 is 0 Å². The first-order valence-electron chi connectivity index (χ1n) is 36.0. The fourth-order valence-corrected chi connectivity index (χ4v) is 17.6. The summed E-state index contributed by atoms with van der Waals surface area (Å²) in [6.45, 7) is 0. The highest BCUT2D eigenvalue weighted by Crippen LogP contribution is 2.46. The summed E-state index contributed by atoms with van der Waals surface area (Å²) in [4.78, 5) is 0. The van der Waals surface area contributed by atoms with Crippen molar-refractivity contribution in [3.63, 3.8) is 0 Å². The quantitative estimate of drug-likeness (QED) is 0.148. The van der Waals surface area contributed by atoms with Gasteiger partial charge in [0.1, 0.15) is 0 Å². The first-order valence-corrected chi connectivity index (χ1v) is 36.0. The van der Waals surface area contributed by atoms with Gasteiger partial charge in [-0.1, -0.05) is 267 Å². The van der Waals surface area contributed by atoms with Gasteiger partial charge in [-0.05, 0) is 201 Å². The molecule has 4 nitrogen and oxygen atoms in total. The molecule has 23 aromatic rings. The Morgan fingerprint density at radius 2 is 0.452 bits per heavy atom. The van der Waals surface area contributed by atoms with Gasteiger partial charge in [0.25, 0.3) is 0 Å². The number of nitrogens with zero attached hydrogens (tertiary/aromatic N) is 4. The first-order chi connectivity index (χ1) is 51.6. The first kappa shape index (κ1) is 58.0. The van der Waals surface area contributed by atoms with Gasteiger partial charge >= 0.3 is 0 Å². The fraction of sp³-hybridized carbons (Fsp3) is 0. The third-order valence-electron chi connectivity index (χ3n) is 22.3. The van der Waals surface area contributed by atoms with Gasteiger partial charge < -0.3 is 18.3 Å². The maximum Gasteiger partial charge on any atom is 0.0547 e. The lowest BCUT2D eigenvalue weighted by Crippen LogP contribution is -1.96. The summed E-state index contributed by atoms with van der Waals surface area (Å²) in [5.41, 5.74) is 19.3. The van der Waals surface area contributed by atoms with Gasteiger partial charge in [0.05, 0.1) is 49.8 Å². The smallest absolute Gasteiger partial charge is 0.0547 e.